The summed E-state index contributed by atoms with van der Waals surface area (Å²) < 4.78 is 16.1. The minimum atomic E-state index is -0.437. The molecule has 1 aromatic heterocycles. The monoisotopic (exact) mass is 463 g/mol. The molecule has 1 saturated heterocycles. The van der Waals surface area contributed by atoms with Gasteiger partial charge in [0.25, 0.3) is 5.91 Å². The molecule has 32 heavy (non-hydrogen) atoms. The van der Waals surface area contributed by atoms with Crippen LogP contribution in [0.3, 0.4) is 0 Å². The molecule has 4 aromatic rings. The number of hydrogen-bond donors (Lipinski definition) is 2. The molecule has 0 bridgehead atoms. The van der Waals surface area contributed by atoms with E-state index in [1.54, 1.807) is 18.2 Å². The Hall–Kier alpha value is -3.22. The first-order valence-corrected chi connectivity index (χ1v) is 11.4. The van der Waals surface area contributed by atoms with Gasteiger partial charge in [-0.2, -0.15) is 0 Å². The largest absolute Gasteiger partial charge is 0.354 e. The fourth-order valence-electron chi connectivity index (χ4n) is 3.73. The molecular formula is C25H19ClFN3OS. The van der Waals surface area contributed by atoms with Gasteiger partial charge in [0.2, 0.25) is 0 Å². The van der Waals surface area contributed by atoms with Crippen molar-refractivity contribution in [3.63, 3.8) is 0 Å². The lowest BCUT2D eigenvalue weighted by Crippen LogP contribution is -2.31. The molecule has 4 nitrogen and oxygen atoms in total. The van der Waals surface area contributed by atoms with Gasteiger partial charge in [0.05, 0.1) is 10.6 Å². The van der Waals surface area contributed by atoms with E-state index in [0.717, 1.165) is 22.0 Å². The minimum Gasteiger partial charge on any atom is -0.354 e. The second kappa shape index (κ2) is 8.73. The summed E-state index contributed by atoms with van der Waals surface area (Å²) in [6.07, 6.45) is 3.95. The van der Waals surface area contributed by atoms with Crippen LogP contribution in [-0.4, -0.2) is 16.0 Å². The van der Waals surface area contributed by atoms with E-state index in [1.807, 2.05) is 48.5 Å². The van der Waals surface area contributed by atoms with Gasteiger partial charge in [0, 0.05) is 34.2 Å². The lowest BCUT2D eigenvalue weighted by atomic mass is 10.1. The first-order chi connectivity index (χ1) is 15.6. The molecule has 1 fully saturated rings. The number of nitrogens with zero attached hydrogens (tertiary/aromatic N) is 1. The van der Waals surface area contributed by atoms with E-state index in [9.17, 15) is 9.18 Å². The number of carbonyl (C=O) groups excluding carboxylic acids is 1. The Bertz CT molecular complexity index is 1330. The van der Waals surface area contributed by atoms with Crippen molar-refractivity contribution in [3.8, 4) is 0 Å². The number of hydrogen-bond acceptors (Lipinski definition) is 3. The van der Waals surface area contributed by atoms with Crippen LogP contribution in [-0.2, 0) is 11.3 Å². The first kappa shape index (κ1) is 20.7. The van der Waals surface area contributed by atoms with Crippen LogP contribution in [0.4, 0.5) is 10.1 Å². The molecule has 0 radical (unpaired) electrons. The third-order valence-electron chi connectivity index (χ3n) is 5.26. The first-order valence-electron chi connectivity index (χ1n) is 10.1. The third-order valence-corrected chi connectivity index (χ3v) is 6.54. The SMILES string of the molecule is O=C1NC(Nc2ccccc2F)S/C1=C\c1cn(Cc2ccc(Cl)cc2)c2ccccc12. The predicted octanol–water partition coefficient (Wildman–Crippen LogP) is 6.08. The highest BCUT2D eigenvalue weighted by Gasteiger charge is 2.28. The number of rotatable bonds is 5. The number of nitrogens with one attached hydrogen (secondary N) is 2. The van der Waals surface area contributed by atoms with Gasteiger partial charge in [0.15, 0.2) is 5.50 Å². The molecule has 0 spiro atoms. The molecule has 160 valence electrons. The maximum Gasteiger partial charge on any atom is 0.260 e. The Morgan fingerprint density at radius 1 is 1.06 bits per heavy atom. The van der Waals surface area contributed by atoms with Crippen LogP contribution in [0, 0.1) is 5.82 Å². The molecule has 3 aromatic carbocycles. The predicted molar refractivity (Wildman–Crippen MR) is 130 cm³/mol. The highest BCUT2D eigenvalue weighted by molar-refractivity contribution is 8.05. The number of anilines is 1. The highest BCUT2D eigenvalue weighted by atomic mass is 35.5. The number of benzene rings is 3. The topological polar surface area (TPSA) is 46.1 Å². The summed E-state index contributed by atoms with van der Waals surface area (Å²) in [6.45, 7) is 0.692. The van der Waals surface area contributed by atoms with E-state index in [2.05, 4.69) is 27.5 Å². The molecule has 0 saturated carbocycles. The van der Waals surface area contributed by atoms with Gasteiger partial charge in [0.1, 0.15) is 5.82 Å². The summed E-state index contributed by atoms with van der Waals surface area (Å²) in [4.78, 5) is 13.2. The zero-order valence-corrected chi connectivity index (χ0v) is 18.5. The molecule has 5 rings (SSSR count). The molecule has 1 aliphatic heterocycles. The zero-order chi connectivity index (χ0) is 22.1. The van der Waals surface area contributed by atoms with Crippen molar-refractivity contribution < 1.29 is 9.18 Å². The Kier molecular flexibility index (Phi) is 5.64. The van der Waals surface area contributed by atoms with Gasteiger partial charge in [-0.1, -0.05) is 65.8 Å². The Morgan fingerprint density at radius 2 is 1.81 bits per heavy atom. The summed E-state index contributed by atoms with van der Waals surface area (Å²) in [5, 5.41) is 7.66. The highest BCUT2D eigenvalue weighted by Crippen LogP contribution is 2.33. The van der Waals surface area contributed by atoms with Crippen molar-refractivity contribution in [1.29, 1.82) is 0 Å². The minimum absolute atomic E-state index is 0.182. The van der Waals surface area contributed by atoms with Crippen LogP contribution >= 0.6 is 23.4 Å². The standard InChI is InChI=1S/C25H19ClFN3OS/c26-18-11-9-16(10-12-18)14-30-15-17(19-5-1-4-8-22(19)30)13-23-24(31)29-25(32-23)28-21-7-3-2-6-20(21)27/h1-13,15,25,28H,14H2,(H,29,31)/b23-13-. The lowest BCUT2D eigenvalue weighted by molar-refractivity contribution is -0.116. The van der Waals surface area contributed by atoms with E-state index in [-0.39, 0.29) is 11.7 Å². The van der Waals surface area contributed by atoms with Gasteiger partial charge < -0.3 is 15.2 Å². The number of aromatic nitrogens is 1. The number of amides is 1. The fraction of sp³-hybridized carbons (Fsp3) is 0.0800. The maximum atomic E-state index is 14.0. The van der Waals surface area contributed by atoms with Crippen LogP contribution in [0.2, 0.25) is 5.02 Å². The number of fused-ring (bicyclic) bond motifs is 1. The normalized spacial score (nSPS) is 17.1. The van der Waals surface area contributed by atoms with E-state index in [4.69, 9.17) is 11.6 Å². The maximum absolute atomic E-state index is 14.0. The van der Waals surface area contributed by atoms with Crippen molar-refractivity contribution >= 4 is 51.9 Å². The van der Waals surface area contributed by atoms with Gasteiger partial charge >= 0.3 is 0 Å². The summed E-state index contributed by atoms with van der Waals surface area (Å²) >= 11 is 7.35. The smallest absolute Gasteiger partial charge is 0.260 e. The van der Waals surface area contributed by atoms with E-state index in [1.165, 1.54) is 17.8 Å². The molecule has 1 unspecified atom stereocenters. The van der Waals surface area contributed by atoms with Crippen molar-refractivity contribution in [2.75, 3.05) is 5.32 Å². The summed E-state index contributed by atoms with van der Waals surface area (Å²) in [5.41, 5.74) is 3.09. The zero-order valence-electron chi connectivity index (χ0n) is 16.9. The molecule has 7 heteroatoms. The number of halogens is 2. The molecule has 2 N–H and O–H groups in total. The average Bonchev–Trinajstić information content (AvgIpc) is 3.31. The molecule has 2 heterocycles. The number of thioether (sulfide) groups is 1. The third kappa shape index (κ3) is 4.24. The van der Waals surface area contributed by atoms with Crippen LogP contribution in [0.15, 0.2) is 83.9 Å². The lowest BCUT2D eigenvalue weighted by Gasteiger charge is -2.12. The number of para-hydroxylation sites is 2. The van der Waals surface area contributed by atoms with Crippen LogP contribution in [0.25, 0.3) is 17.0 Å². The van der Waals surface area contributed by atoms with Crippen LogP contribution < -0.4 is 10.6 Å². The molecule has 0 aliphatic carbocycles. The molecular weight excluding hydrogens is 445 g/mol. The van der Waals surface area contributed by atoms with Crippen molar-refractivity contribution in [2.24, 2.45) is 0 Å². The van der Waals surface area contributed by atoms with Crippen LogP contribution in [0.1, 0.15) is 11.1 Å². The van der Waals surface area contributed by atoms with Gasteiger partial charge in [-0.25, -0.2) is 4.39 Å². The van der Waals surface area contributed by atoms with Gasteiger partial charge in [-0.05, 0) is 42.0 Å². The molecule has 1 amide bonds. The van der Waals surface area contributed by atoms with Crippen molar-refractivity contribution in [3.05, 3.63) is 106 Å². The number of carbonyl (C=O) groups is 1. The van der Waals surface area contributed by atoms with Crippen molar-refractivity contribution in [2.45, 2.75) is 12.0 Å². The second-order valence-electron chi connectivity index (χ2n) is 7.46. The van der Waals surface area contributed by atoms with Gasteiger partial charge in [-0.3, -0.25) is 4.79 Å². The van der Waals surface area contributed by atoms with Crippen LogP contribution in [0.5, 0.6) is 0 Å². The summed E-state index contributed by atoms with van der Waals surface area (Å²) in [6, 6.07) is 22.3. The average molecular weight is 464 g/mol. The second-order valence-corrected chi connectivity index (χ2v) is 9.04. The van der Waals surface area contributed by atoms with E-state index < -0.39 is 5.50 Å². The Morgan fingerprint density at radius 3 is 2.62 bits per heavy atom. The van der Waals surface area contributed by atoms with E-state index in [0.29, 0.717) is 22.2 Å². The molecule has 1 aliphatic rings. The molecule has 1 atom stereocenters. The van der Waals surface area contributed by atoms with E-state index >= 15 is 0 Å². The van der Waals surface area contributed by atoms with Gasteiger partial charge in [-0.15, -0.1) is 0 Å². The Balaban J connectivity index is 1.42. The Labute approximate surface area is 194 Å². The fourth-order valence-corrected chi connectivity index (χ4v) is 4.83. The quantitative estimate of drug-likeness (QED) is 0.352. The van der Waals surface area contributed by atoms with Crippen molar-refractivity contribution in [1.82, 2.24) is 9.88 Å². The summed E-state index contributed by atoms with van der Waals surface area (Å²) in [5.74, 6) is -0.538. The summed E-state index contributed by atoms with van der Waals surface area (Å²) in [7, 11) is 0.